The summed E-state index contributed by atoms with van der Waals surface area (Å²) in [5.74, 6) is -1.000. The summed E-state index contributed by atoms with van der Waals surface area (Å²) in [6, 6.07) is 12.4. The van der Waals surface area contributed by atoms with E-state index < -0.39 is 11.5 Å². The minimum absolute atomic E-state index is 0.197. The molecular formula is C19H20FN3O2. The molecule has 0 fully saturated rings. The van der Waals surface area contributed by atoms with Gasteiger partial charge in [0.25, 0.3) is 0 Å². The van der Waals surface area contributed by atoms with Gasteiger partial charge in [-0.1, -0.05) is 36.4 Å². The number of H-pyrrole nitrogens is 1. The van der Waals surface area contributed by atoms with Crippen LogP contribution in [0.15, 0.2) is 61.1 Å². The molecule has 1 aromatic heterocycles. The van der Waals surface area contributed by atoms with Crippen molar-refractivity contribution in [2.75, 3.05) is 0 Å². The Kier molecular flexibility index (Phi) is 4.83. The minimum atomic E-state index is -1.88. The number of benzene rings is 2. The maximum atomic E-state index is 14.5. The summed E-state index contributed by atoms with van der Waals surface area (Å²) in [5.41, 5.74) is -0.756. The van der Waals surface area contributed by atoms with Crippen molar-refractivity contribution >= 4 is 0 Å². The van der Waals surface area contributed by atoms with Gasteiger partial charge in [0.2, 0.25) is 0 Å². The van der Waals surface area contributed by atoms with Gasteiger partial charge >= 0.3 is 0 Å². The molecule has 4 N–H and O–H groups in total. The summed E-state index contributed by atoms with van der Waals surface area (Å²) >= 11 is 0. The lowest BCUT2D eigenvalue weighted by Gasteiger charge is -2.34. The molecule has 6 heteroatoms. The highest BCUT2D eigenvalue weighted by Gasteiger charge is 2.37. The van der Waals surface area contributed by atoms with Gasteiger partial charge in [0, 0.05) is 29.9 Å². The third-order valence-corrected chi connectivity index (χ3v) is 4.08. The summed E-state index contributed by atoms with van der Waals surface area (Å²) < 4.78 is 14.5. The monoisotopic (exact) mass is 341 g/mol. The number of aromatic nitrogens is 2. The van der Waals surface area contributed by atoms with Crippen LogP contribution in [0.1, 0.15) is 23.7 Å². The summed E-state index contributed by atoms with van der Waals surface area (Å²) in [6.45, 7) is 1.87. The average molecular weight is 341 g/mol. The number of aromatic hydroxyl groups is 1. The number of phenolic OH excluding ortho intramolecular Hbond substituents is 1. The standard InChI is InChI=1S/C19H20FN3O2/c1-13(10-15-11-21-12-22-15)23-19(25,14-6-3-2-4-7-14)18-16(20)8-5-9-17(18)24/h2-9,11-13,23-25H,10H2,1H3,(H,21,22)/t13-,19?/m1/s1. The second kappa shape index (κ2) is 7.04. The fourth-order valence-electron chi connectivity index (χ4n) is 2.98. The molecular weight excluding hydrogens is 321 g/mol. The first-order valence-corrected chi connectivity index (χ1v) is 8.01. The van der Waals surface area contributed by atoms with Crippen LogP contribution in [-0.2, 0) is 12.1 Å². The first-order valence-electron chi connectivity index (χ1n) is 8.01. The van der Waals surface area contributed by atoms with Crippen LogP contribution in [0.25, 0.3) is 0 Å². The summed E-state index contributed by atoms with van der Waals surface area (Å²) in [5, 5.41) is 24.6. The van der Waals surface area contributed by atoms with Crippen molar-refractivity contribution in [1.82, 2.24) is 15.3 Å². The van der Waals surface area contributed by atoms with Crippen molar-refractivity contribution < 1.29 is 14.6 Å². The molecule has 1 heterocycles. The van der Waals surface area contributed by atoms with E-state index in [2.05, 4.69) is 15.3 Å². The molecule has 0 amide bonds. The van der Waals surface area contributed by atoms with Crippen molar-refractivity contribution in [3.63, 3.8) is 0 Å². The molecule has 0 radical (unpaired) electrons. The Morgan fingerprint density at radius 1 is 1.20 bits per heavy atom. The van der Waals surface area contributed by atoms with Gasteiger partial charge in [-0.3, -0.25) is 5.32 Å². The Morgan fingerprint density at radius 2 is 1.96 bits per heavy atom. The third-order valence-electron chi connectivity index (χ3n) is 4.08. The van der Waals surface area contributed by atoms with Gasteiger partial charge in [0.05, 0.1) is 11.9 Å². The molecule has 2 atom stereocenters. The molecule has 3 aromatic rings. The lowest BCUT2D eigenvalue weighted by atomic mass is 9.91. The number of phenols is 1. The molecule has 1 unspecified atom stereocenters. The number of nitrogens with zero attached hydrogens (tertiary/aromatic N) is 1. The van der Waals surface area contributed by atoms with Gasteiger partial charge in [-0.05, 0) is 19.1 Å². The van der Waals surface area contributed by atoms with Crippen LogP contribution in [0.2, 0.25) is 0 Å². The zero-order chi connectivity index (χ0) is 17.9. The number of nitrogens with one attached hydrogen (secondary N) is 2. The molecule has 130 valence electrons. The maximum Gasteiger partial charge on any atom is 0.175 e. The second-order valence-electron chi connectivity index (χ2n) is 6.04. The van der Waals surface area contributed by atoms with Gasteiger partial charge in [-0.2, -0.15) is 0 Å². The summed E-state index contributed by atoms with van der Waals surface area (Å²) in [7, 11) is 0. The highest BCUT2D eigenvalue weighted by atomic mass is 19.1. The first-order chi connectivity index (χ1) is 12.0. The molecule has 0 spiro atoms. The maximum absolute atomic E-state index is 14.5. The van der Waals surface area contributed by atoms with E-state index in [1.165, 1.54) is 18.2 Å². The van der Waals surface area contributed by atoms with Crippen LogP contribution in [0.3, 0.4) is 0 Å². The molecule has 3 rings (SSSR count). The molecule has 0 saturated heterocycles. The van der Waals surface area contributed by atoms with Crippen molar-refractivity contribution in [2.45, 2.75) is 25.1 Å². The van der Waals surface area contributed by atoms with Gasteiger partial charge in [0.15, 0.2) is 5.72 Å². The van der Waals surface area contributed by atoms with Crippen molar-refractivity contribution in [2.24, 2.45) is 0 Å². The van der Waals surface area contributed by atoms with Crippen LogP contribution in [-0.4, -0.2) is 26.2 Å². The van der Waals surface area contributed by atoms with E-state index in [4.69, 9.17) is 0 Å². The highest BCUT2D eigenvalue weighted by molar-refractivity contribution is 5.44. The molecule has 25 heavy (non-hydrogen) atoms. The number of aromatic amines is 1. The number of rotatable bonds is 6. The number of hydrogen-bond donors (Lipinski definition) is 4. The van der Waals surface area contributed by atoms with Crippen LogP contribution >= 0.6 is 0 Å². The first kappa shape index (κ1) is 17.1. The smallest absolute Gasteiger partial charge is 0.175 e. The van der Waals surface area contributed by atoms with E-state index in [1.807, 2.05) is 6.92 Å². The predicted octanol–water partition coefficient (Wildman–Crippen LogP) is 2.67. The molecule has 5 nitrogen and oxygen atoms in total. The third kappa shape index (κ3) is 3.55. The molecule has 0 saturated carbocycles. The SMILES string of the molecule is C[C@H](Cc1cnc[nH]1)NC(O)(c1ccccc1)c1c(O)cccc1F. The molecule has 0 aliphatic carbocycles. The highest BCUT2D eigenvalue weighted by Crippen LogP contribution is 2.35. The van der Waals surface area contributed by atoms with Crippen LogP contribution in [0.4, 0.5) is 4.39 Å². The average Bonchev–Trinajstić information content (AvgIpc) is 3.08. The predicted molar refractivity (Wildman–Crippen MR) is 92.4 cm³/mol. The van der Waals surface area contributed by atoms with Gasteiger partial charge in [0.1, 0.15) is 11.6 Å². The van der Waals surface area contributed by atoms with Crippen molar-refractivity contribution in [3.05, 3.63) is 83.7 Å². The molecule has 0 aliphatic heterocycles. The van der Waals surface area contributed by atoms with Gasteiger partial charge in [-0.25, -0.2) is 9.37 Å². The topological polar surface area (TPSA) is 81.2 Å². The fourth-order valence-corrected chi connectivity index (χ4v) is 2.98. The van der Waals surface area contributed by atoms with Crippen molar-refractivity contribution in [1.29, 1.82) is 0 Å². The summed E-state index contributed by atoms with van der Waals surface area (Å²) in [6.07, 6.45) is 3.82. The zero-order valence-corrected chi connectivity index (χ0v) is 13.8. The lowest BCUT2D eigenvalue weighted by molar-refractivity contribution is 0.0264. The van der Waals surface area contributed by atoms with E-state index in [-0.39, 0.29) is 17.4 Å². The Bertz CT molecular complexity index is 804. The second-order valence-corrected chi connectivity index (χ2v) is 6.04. The van der Waals surface area contributed by atoms with E-state index in [0.717, 1.165) is 5.69 Å². The lowest BCUT2D eigenvalue weighted by Crippen LogP contribution is -2.49. The van der Waals surface area contributed by atoms with Crippen LogP contribution in [0.5, 0.6) is 5.75 Å². The van der Waals surface area contributed by atoms with Gasteiger partial charge < -0.3 is 15.2 Å². The van der Waals surface area contributed by atoms with E-state index in [1.54, 1.807) is 42.9 Å². The number of imidazole rings is 1. The molecule has 0 bridgehead atoms. The Labute approximate surface area is 145 Å². The van der Waals surface area contributed by atoms with E-state index in [0.29, 0.717) is 12.0 Å². The van der Waals surface area contributed by atoms with E-state index >= 15 is 0 Å². The molecule has 0 aliphatic rings. The summed E-state index contributed by atoms with van der Waals surface area (Å²) in [4.78, 5) is 6.97. The largest absolute Gasteiger partial charge is 0.507 e. The normalized spacial score (nSPS) is 14.8. The quantitative estimate of drug-likeness (QED) is 0.520. The Morgan fingerprint density at radius 3 is 2.60 bits per heavy atom. The number of hydrogen-bond acceptors (Lipinski definition) is 4. The van der Waals surface area contributed by atoms with E-state index in [9.17, 15) is 14.6 Å². The fraction of sp³-hybridized carbons (Fsp3) is 0.211. The Balaban J connectivity index is 2.01. The molecule has 2 aromatic carbocycles. The van der Waals surface area contributed by atoms with Crippen LogP contribution in [0, 0.1) is 5.82 Å². The van der Waals surface area contributed by atoms with Gasteiger partial charge in [-0.15, -0.1) is 0 Å². The van der Waals surface area contributed by atoms with Crippen molar-refractivity contribution in [3.8, 4) is 5.75 Å². The Hall–Kier alpha value is -2.70. The zero-order valence-electron chi connectivity index (χ0n) is 13.8. The van der Waals surface area contributed by atoms with Crippen LogP contribution < -0.4 is 5.32 Å². The number of halogens is 1. The minimum Gasteiger partial charge on any atom is -0.507 e. The number of aliphatic hydroxyl groups is 1.